The lowest BCUT2D eigenvalue weighted by atomic mass is 9.97. The minimum Gasteiger partial charge on any atom is -0.317 e. The van der Waals surface area contributed by atoms with Crippen molar-refractivity contribution in [2.75, 3.05) is 13.1 Å². The lowest BCUT2D eigenvalue weighted by Gasteiger charge is -2.24. The van der Waals surface area contributed by atoms with Gasteiger partial charge in [-0.15, -0.1) is 0 Å². The lowest BCUT2D eigenvalue weighted by molar-refractivity contribution is -0.153. The summed E-state index contributed by atoms with van der Waals surface area (Å²) in [5, 5.41) is 9.16. The number of oxime groups is 1. The fourth-order valence-corrected chi connectivity index (χ4v) is 1.81. The molecule has 1 fully saturated rings. The highest BCUT2D eigenvalue weighted by molar-refractivity contribution is 6.03. The SMILES string of the molecule is CC(C)(C)C(=O)O/N=C(\NC(=O)C1CCNCC1)C(C)(C)F. The van der Waals surface area contributed by atoms with Gasteiger partial charge in [0, 0.05) is 5.92 Å². The van der Waals surface area contributed by atoms with Gasteiger partial charge in [0.2, 0.25) is 5.91 Å². The van der Waals surface area contributed by atoms with Crippen LogP contribution in [0.2, 0.25) is 0 Å². The summed E-state index contributed by atoms with van der Waals surface area (Å²) in [4.78, 5) is 28.6. The van der Waals surface area contributed by atoms with Crippen LogP contribution in [-0.2, 0) is 14.4 Å². The van der Waals surface area contributed by atoms with Gasteiger partial charge in [-0.1, -0.05) is 5.16 Å². The number of rotatable bonds is 3. The maximum absolute atomic E-state index is 14.2. The molecule has 0 bridgehead atoms. The molecule has 22 heavy (non-hydrogen) atoms. The van der Waals surface area contributed by atoms with E-state index in [1.807, 2.05) is 0 Å². The number of hydrogen-bond acceptors (Lipinski definition) is 5. The normalized spacial score (nSPS) is 18.0. The van der Waals surface area contributed by atoms with Gasteiger partial charge < -0.3 is 15.5 Å². The molecule has 1 saturated heterocycles. The number of carbonyl (C=O) groups excluding carboxylic acids is 2. The maximum atomic E-state index is 14.2. The molecule has 0 aliphatic carbocycles. The Morgan fingerprint density at radius 1 is 1.18 bits per heavy atom. The average molecular weight is 315 g/mol. The maximum Gasteiger partial charge on any atom is 0.340 e. The quantitative estimate of drug-likeness (QED) is 0.360. The molecule has 0 aromatic rings. The van der Waals surface area contributed by atoms with Gasteiger partial charge in [-0.25, -0.2) is 9.18 Å². The highest BCUT2D eigenvalue weighted by atomic mass is 19.1. The van der Waals surface area contributed by atoms with Crippen LogP contribution in [0.4, 0.5) is 4.39 Å². The molecule has 2 N–H and O–H groups in total. The highest BCUT2D eigenvalue weighted by Gasteiger charge is 2.31. The number of halogens is 1. The fraction of sp³-hybridized carbons (Fsp3) is 0.800. The second-order valence-corrected chi connectivity index (χ2v) is 7.05. The van der Waals surface area contributed by atoms with Gasteiger partial charge in [-0.2, -0.15) is 0 Å². The summed E-state index contributed by atoms with van der Waals surface area (Å²) in [5.41, 5.74) is -2.67. The van der Waals surface area contributed by atoms with E-state index in [4.69, 9.17) is 4.84 Å². The third kappa shape index (κ3) is 5.71. The van der Waals surface area contributed by atoms with Crippen LogP contribution >= 0.6 is 0 Å². The molecule has 0 aromatic carbocycles. The van der Waals surface area contributed by atoms with E-state index < -0.39 is 17.1 Å². The van der Waals surface area contributed by atoms with Crippen LogP contribution in [0.25, 0.3) is 0 Å². The summed E-state index contributed by atoms with van der Waals surface area (Å²) < 4.78 is 14.2. The van der Waals surface area contributed by atoms with E-state index in [1.54, 1.807) is 20.8 Å². The van der Waals surface area contributed by atoms with Gasteiger partial charge in [0.05, 0.1) is 5.41 Å². The Hall–Kier alpha value is -1.50. The van der Waals surface area contributed by atoms with E-state index in [1.165, 1.54) is 13.8 Å². The molecule has 7 heteroatoms. The van der Waals surface area contributed by atoms with E-state index in [2.05, 4.69) is 15.8 Å². The second-order valence-electron chi connectivity index (χ2n) is 7.05. The summed E-state index contributed by atoms with van der Waals surface area (Å²) >= 11 is 0. The van der Waals surface area contributed by atoms with Crippen molar-refractivity contribution in [1.29, 1.82) is 0 Å². The zero-order chi connectivity index (χ0) is 17.0. The Balaban J connectivity index is 2.76. The molecule has 1 aliphatic heterocycles. The van der Waals surface area contributed by atoms with Crippen LogP contribution < -0.4 is 10.6 Å². The first kappa shape index (κ1) is 18.5. The molecule has 1 aliphatic rings. The van der Waals surface area contributed by atoms with Crippen molar-refractivity contribution in [3.05, 3.63) is 0 Å². The average Bonchev–Trinajstić information content (AvgIpc) is 2.41. The Morgan fingerprint density at radius 2 is 1.73 bits per heavy atom. The third-order valence-electron chi connectivity index (χ3n) is 3.35. The minimum atomic E-state index is -1.92. The Bertz CT molecular complexity index is 444. The number of alkyl halides is 1. The molecular formula is C15H26FN3O3. The number of carbonyl (C=O) groups is 2. The first-order chi connectivity index (χ1) is 10.0. The highest BCUT2D eigenvalue weighted by Crippen LogP contribution is 2.17. The topological polar surface area (TPSA) is 79.8 Å². The molecular weight excluding hydrogens is 289 g/mol. The van der Waals surface area contributed by atoms with Gasteiger partial charge in [0.25, 0.3) is 0 Å². The predicted molar refractivity (Wildman–Crippen MR) is 81.9 cm³/mol. The summed E-state index contributed by atoms with van der Waals surface area (Å²) in [6, 6.07) is 0. The number of amidine groups is 1. The van der Waals surface area contributed by atoms with Gasteiger partial charge >= 0.3 is 5.97 Å². The Labute approximate surface area is 130 Å². The molecule has 1 amide bonds. The van der Waals surface area contributed by atoms with Crippen molar-refractivity contribution in [2.45, 2.75) is 53.1 Å². The van der Waals surface area contributed by atoms with Crippen LogP contribution in [0, 0.1) is 11.3 Å². The first-order valence-corrected chi connectivity index (χ1v) is 7.52. The van der Waals surface area contributed by atoms with Gasteiger partial charge in [0.15, 0.2) is 11.5 Å². The van der Waals surface area contributed by atoms with Crippen LogP contribution in [0.3, 0.4) is 0 Å². The zero-order valence-corrected chi connectivity index (χ0v) is 14.0. The summed E-state index contributed by atoms with van der Waals surface area (Å²) in [7, 11) is 0. The molecule has 6 nitrogen and oxygen atoms in total. The molecule has 0 radical (unpaired) electrons. The Morgan fingerprint density at radius 3 is 2.18 bits per heavy atom. The van der Waals surface area contributed by atoms with Crippen LogP contribution in [0.5, 0.6) is 0 Å². The van der Waals surface area contributed by atoms with Gasteiger partial charge in [-0.3, -0.25) is 4.79 Å². The second kappa shape index (κ2) is 7.17. The van der Waals surface area contributed by atoms with E-state index in [9.17, 15) is 14.0 Å². The molecule has 0 spiro atoms. The number of piperidine rings is 1. The zero-order valence-electron chi connectivity index (χ0n) is 14.0. The van der Waals surface area contributed by atoms with Crippen LogP contribution in [0.15, 0.2) is 5.16 Å². The van der Waals surface area contributed by atoms with Crippen molar-refractivity contribution < 1.29 is 18.8 Å². The van der Waals surface area contributed by atoms with Crippen molar-refractivity contribution in [1.82, 2.24) is 10.6 Å². The number of amides is 1. The molecule has 1 rings (SSSR count). The standard InChI is InChI=1S/C15H26FN3O3/c1-14(2,3)13(21)22-19-12(15(4,5)16)18-11(20)10-6-8-17-9-7-10/h10,17H,6-9H2,1-5H3,(H,18,19,20). The smallest absolute Gasteiger partial charge is 0.317 e. The van der Waals surface area contributed by atoms with E-state index >= 15 is 0 Å². The number of nitrogens with one attached hydrogen (secondary N) is 2. The van der Waals surface area contributed by atoms with Crippen molar-refractivity contribution in [2.24, 2.45) is 16.5 Å². The molecule has 0 saturated carbocycles. The van der Waals surface area contributed by atoms with Gasteiger partial charge in [-0.05, 0) is 60.5 Å². The predicted octanol–water partition coefficient (Wildman–Crippen LogP) is 1.75. The number of nitrogens with zero attached hydrogens (tertiary/aromatic N) is 1. The number of hydrogen-bond donors (Lipinski definition) is 2. The largest absolute Gasteiger partial charge is 0.340 e. The van der Waals surface area contributed by atoms with E-state index in [0.717, 1.165) is 13.1 Å². The molecule has 0 unspecified atom stereocenters. The van der Waals surface area contributed by atoms with Gasteiger partial charge in [0.1, 0.15) is 0 Å². The fourth-order valence-electron chi connectivity index (χ4n) is 1.81. The summed E-state index contributed by atoms with van der Waals surface area (Å²) in [6.07, 6.45) is 1.38. The van der Waals surface area contributed by atoms with Crippen molar-refractivity contribution in [3.63, 3.8) is 0 Å². The third-order valence-corrected chi connectivity index (χ3v) is 3.35. The van der Waals surface area contributed by atoms with Crippen LogP contribution in [-0.4, -0.2) is 36.5 Å². The summed E-state index contributed by atoms with van der Waals surface area (Å²) in [6.45, 7) is 9.00. The molecule has 0 atom stereocenters. The summed E-state index contributed by atoms with van der Waals surface area (Å²) in [5.74, 6) is -1.36. The van der Waals surface area contributed by atoms with Crippen molar-refractivity contribution >= 4 is 17.7 Å². The lowest BCUT2D eigenvalue weighted by Crippen LogP contribution is -2.47. The van der Waals surface area contributed by atoms with Crippen molar-refractivity contribution in [3.8, 4) is 0 Å². The molecule has 0 aromatic heterocycles. The van der Waals surface area contributed by atoms with E-state index in [0.29, 0.717) is 12.8 Å². The van der Waals surface area contributed by atoms with E-state index in [-0.39, 0.29) is 17.7 Å². The minimum absolute atomic E-state index is 0.188. The van der Waals surface area contributed by atoms with Crippen LogP contribution in [0.1, 0.15) is 47.5 Å². The monoisotopic (exact) mass is 315 g/mol. The first-order valence-electron chi connectivity index (χ1n) is 7.52. The molecule has 1 heterocycles. The molecule has 126 valence electrons. The Kier molecular flexibility index (Phi) is 6.05.